The van der Waals surface area contributed by atoms with Crippen LogP contribution < -0.4 is 0 Å². The highest BCUT2D eigenvalue weighted by Gasteiger charge is 2.11. The Hall–Kier alpha value is -1.40. The molecule has 0 fully saturated rings. The number of amides is 1. The van der Waals surface area contributed by atoms with Crippen LogP contribution in [-0.2, 0) is 11.3 Å². The molecular formula is C11H16N2O3S. The molecule has 0 aliphatic heterocycles. The van der Waals surface area contributed by atoms with E-state index in [9.17, 15) is 9.59 Å². The number of hydrogen-bond acceptors (Lipinski definition) is 4. The van der Waals surface area contributed by atoms with E-state index in [-0.39, 0.29) is 5.91 Å². The van der Waals surface area contributed by atoms with Crippen molar-refractivity contribution in [1.29, 1.82) is 0 Å². The van der Waals surface area contributed by atoms with E-state index in [0.717, 1.165) is 4.88 Å². The van der Waals surface area contributed by atoms with E-state index in [4.69, 9.17) is 5.11 Å². The van der Waals surface area contributed by atoms with Crippen molar-refractivity contribution in [1.82, 2.24) is 9.80 Å². The molecule has 1 rings (SSSR count). The van der Waals surface area contributed by atoms with Crippen LogP contribution in [0.1, 0.15) is 14.5 Å². The molecule has 6 heteroatoms. The standard InChI is InChI=1S/C11H16N2O3S/c1-12(2)10(14)7-13(3)6-8-4-5-9(17-8)11(15)16/h4-5H,6-7H2,1-3H3,(H,15,16). The van der Waals surface area contributed by atoms with E-state index in [1.807, 2.05) is 11.9 Å². The predicted molar refractivity (Wildman–Crippen MR) is 66.3 cm³/mol. The molecule has 1 amide bonds. The number of carboxylic acids is 1. The third-order valence-corrected chi connectivity index (χ3v) is 3.26. The van der Waals surface area contributed by atoms with Crippen LogP contribution in [0.25, 0.3) is 0 Å². The lowest BCUT2D eigenvalue weighted by atomic mass is 10.4. The second-order valence-electron chi connectivity index (χ2n) is 4.03. The molecule has 1 heterocycles. The zero-order valence-electron chi connectivity index (χ0n) is 10.1. The molecule has 1 N–H and O–H groups in total. The largest absolute Gasteiger partial charge is 0.477 e. The average molecular weight is 256 g/mol. The number of nitrogens with zero attached hydrogens (tertiary/aromatic N) is 2. The lowest BCUT2D eigenvalue weighted by molar-refractivity contribution is -0.129. The molecule has 0 bridgehead atoms. The maximum absolute atomic E-state index is 11.5. The SMILES string of the molecule is CN(CC(=O)N(C)C)Cc1ccc(C(=O)O)s1. The summed E-state index contributed by atoms with van der Waals surface area (Å²) < 4.78 is 0. The van der Waals surface area contributed by atoms with Gasteiger partial charge in [-0.3, -0.25) is 9.69 Å². The van der Waals surface area contributed by atoms with Crippen LogP contribution in [0.2, 0.25) is 0 Å². The van der Waals surface area contributed by atoms with Crippen LogP contribution in [0.3, 0.4) is 0 Å². The first-order valence-corrected chi connectivity index (χ1v) is 5.92. The van der Waals surface area contributed by atoms with Crippen molar-refractivity contribution in [2.75, 3.05) is 27.7 Å². The van der Waals surface area contributed by atoms with Crippen molar-refractivity contribution in [2.24, 2.45) is 0 Å². The molecule has 0 saturated carbocycles. The van der Waals surface area contributed by atoms with Crippen LogP contribution >= 0.6 is 11.3 Å². The minimum absolute atomic E-state index is 0.0301. The summed E-state index contributed by atoms with van der Waals surface area (Å²) in [6, 6.07) is 3.37. The maximum Gasteiger partial charge on any atom is 0.345 e. The third-order valence-electron chi connectivity index (χ3n) is 2.20. The molecule has 1 aromatic rings. The smallest absolute Gasteiger partial charge is 0.345 e. The number of carbonyl (C=O) groups is 2. The highest BCUT2D eigenvalue weighted by molar-refractivity contribution is 7.13. The summed E-state index contributed by atoms with van der Waals surface area (Å²) in [5.74, 6) is -0.879. The Labute approximate surface area is 104 Å². The highest BCUT2D eigenvalue weighted by atomic mass is 32.1. The normalized spacial score (nSPS) is 10.6. The van der Waals surface area contributed by atoms with E-state index < -0.39 is 5.97 Å². The summed E-state index contributed by atoms with van der Waals surface area (Å²) >= 11 is 1.24. The minimum atomic E-state index is -0.909. The predicted octanol–water partition coefficient (Wildman–Crippen LogP) is 0.966. The molecule has 0 unspecified atom stereocenters. The van der Waals surface area contributed by atoms with E-state index in [1.54, 1.807) is 26.2 Å². The number of aromatic carboxylic acids is 1. The molecule has 5 nitrogen and oxygen atoms in total. The Kier molecular flexibility index (Phi) is 4.65. The first-order valence-electron chi connectivity index (χ1n) is 5.11. The zero-order chi connectivity index (χ0) is 13.0. The summed E-state index contributed by atoms with van der Waals surface area (Å²) in [7, 11) is 5.26. The van der Waals surface area contributed by atoms with Crippen LogP contribution in [0.4, 0.5) is 0 Å². The summed E-state index contributed by atoms with van der Waals surface area (Å²) in [5, 5.41) is 8.79. The van der Waals surface area contributed by atoms with Gasteiger partial charge in [-0.05, 0) is 19.2 Å². The van der Waals surface area contributed by atoms with E-state index in [2.05, 4.69) is 0 Å². The van der Waals surface area contributed by atoms with Gasteiger partial charge in [0.05, 0.1) is 6.54 Å². The van der Waals surface area contributed by atoms with Crippen molar-refractivity contribution in [3.05, 3.63) is 21.9 Å². The fraction of sp³-hybridized carbons (Fsp3) is 0.455. The fourth-order valence-corrected chi connectivity index (χ4v) is 2.20. The number of carboxylic acid groups (broad SMARTS) is 1. The van der Waals surface area contributed by atoms with E-state index >= 15 is 0 Å². The molecule has 0 aliphatic rings. The van der Waals surface area contributed by atoms with Crippen molar-refractivity contribution < 1.29 is 14.7 Å². The van der Waals surface area contributed by atoms with Crippen LogP contribution in [0.15, 0.2) is 12.1 Å². The van der Waals surface area contributed by atoms with Crippen molar-refractivity contribution in [2.45, 2.75) is 6.54 Å². The van der Waals surface area contributed by atoms with E-state index in [1.165, 1.54) is 16.2 Å². The number of thiophene rings is 1. The minimum Gasteiger partial charge on any atom is -0.477 e. The second-order valence-corrected chi connectivity index (χ2v) is 5.20. The Morgan fingerprint density at radius 3 is 2.41 bits per heavy atom. The molecule has 1 aromatic heterocycles. The van der Waals surface area contributed by atoms with Crippen LogP contribution in [0.5, 0.6) is 0 Å². The summed E-state index contributed by atoms with van der Waals surface area (Å²) in [6.07, 6.45) is 0. The van der Waals surface area contributed by atoms with Crippen molar-refractivity contribution in [3.8, 4) is 0 Å². The first-order chi connectivity index (χ1) is 7.90. The summed E-state index contributed by atoms with van der Waals surface area (Å²) in [6.45, 7) is 0.908. The molecule has 0 aliphatic carbocycles. The van der Waals surface area contributed by atoms with Gasteiger partial charge in [-0.2, -0.15) is 0 Å². The lowest BCUT2D eigenvalue weighted by Gasteiger charge is -2.17. The monoisotopic (exact) mass is 256 g/mol. The van der Waals surface area contributed by atoms with Gasteiger partial charge in [-0.25, -0.2) is 4.79 Å². The van der Waals surface area contributed by atoms with Gasteiger partial charge >= 0.3 is 5.97 Å². The molecule has 0 spiro atoms. The van der Waals surface area contributed by atoms with Crippen LogP contribution in [-0.4, -0.2) is 54.5 Å². The molecule has 0 saturated heterocycles. The average Bonchev–Trinajstić information content (AvgIpc) is 2.65. The van der Waals surface area contributed by atoms with Gasteiger partial charge in [0, 0.05) is 25.5 Å². The zero-order valence-corrected chi connectivity index (χ0v) is 11.0. The summed E-state index contributed by atoms with van der Waals surface area (Å²) in [4.78, 5) is 26.8. The number of carbonyl (C=O) groups excluding carboxylic acids is 1. The molecule has 94 valence electrons. The lowest BCUT2D eigenvalue weighted by Crippen LogP contribution is -2.33. The van der Waals surface area contributed by atoms with Crippen molar-refractivity contribution in [3.63, 3.8) is 0 Å². The second kappa shape index (κ2) is 5.79. The molecule has 0 aromatic carbocycles. The van der Waals surface area contributed by atoms with Crippen LogP contribution in [0, 0.1) is 0 Å². The fourth-order valence-electron chi connectivity index (χ4n) is 1.27. The van der Waals surface area contributed by atoms with Gasteiger partial charge in [0.15, 0.2) is 0 Å². The number of likely N-dealkylation sites (N-methyl/N-ethyl adjacent to an activating group) is 2. The molecule has 0 atom stereocenters. The van der Waals surface area contributed by atoms with Gasteiger partial charge in [0.25, 0.3) is 0 Å². The topological polar surface area (TPSA) is 60.9 Å². The Morgan fingerprint density at radius 2 is 1.94 bits per heavy atom. The first kappa shape index (κ1) is 13.7. The third kappa shape index (κ3) is 4.16. The Bertz CT molecular complexity index is 415. The molecular weight excluding hydrogens is 240 g/mol. The number of hydrogen-bond donors (Lipinski definition) is 1. The van der Waals surface area contributed by atoms with Crippen molar-refractivity contribution >= 4 is 23.2 Å². The number of rotatable bonds is 5. The van der Waals surface area contributed by atoms with Gasteiger partial charge in [0.1, 0.15) is 4.88 Å². The van der Waals surface area contributed by atoms with Gasteiger partial charge in [-0.1, -0.05) is 0 Å². The molecule has 17 heavy (non-hydrogen) atoms. The van der Waals surface area contributed by atoms with E-state index in [0.29, 0.717) is 18.0 Å². The molecule has 0 radical (unpaired) electrons. The quantitative estimate of drug-likeness (QED) is 0.852. The maximum atomic E-state index is 11.5. The van der Waals surface area contributed by atoms with Gasteiger partial charge in [-0.15, -0.1) is 11.3 Å². The van der Waals surface area contributed by atoms with Gasteiger partial charge in [0.2, 0.25) is 5.91 Å². The highest BCUT2D eigenvalue weighted by Crippen LogP contribution is 2.17. The Morgan fingerprint density at radius 1 is 1.29 bits per heavy atom. The van der Waals surface area contributed by atoms with Gasteiger partial charge < -0.3 is 10.0 Å². The summed E-state index contributed by atoms with van der Waals surface area (Å²) in [5.41, 5.74) is 0. The Balaban J connectivity index is 2.53.